The monoisotopic (exact) mass is 322 g/mol. The molecular weight excluding hydrogens is 303 g/mol. The second-order valence-electron chi connectivity index (χ2n) is 5.15. The van der Waals surface area contributed by atoms with Gasteiger partial charge in [0.2, 0.25) is 0 Å². The third kappa shape index (κ3) is 4.81. The zero-order chi connectivity index (χ0) is 15.9. The molecule has 0 aliphatic carbocycles. The Balaban J connectivity index is 1.85. The van der Waals surface area contributed by atoms with Crippen LogP contribution in [0.25, 0.3) is 0 Å². The van der Waals surface area contributed by atoms with E-state index in [9.17, 15) is 4.39 Å². The van der Waals surface area contributed by atoms with Crippen LogP contribution in [0.2, 0.25) is 5.02 Å². The summed E-state index contributed by atoms with van der Waals surface area (Å²) >= 11 is 5.74. The zero-order valence-corrected chi connectivity index (χ0v) is 13.5. The number of benzene rings is 2. The van der Waals surface area contributed by atoms with Crippen molar-refractivity contribution < 1.29 is 9.13 Å². The van der Waals surface area contributed by atoms with Crippen LogP contribution in [-0.4, -0.2) is 19.2 Å². The smallest absolute Gasteiger partial charge is 0.142 e. The summed E-state index contributed by atoms with van der Waals surface area (Å²) in [7, 11) is 0. The van der Waals surface area contributed by atoms with Gasteiger partial charge in [0.25, 0.3) is 0 Å². The quantitative estimate of drug-likeness (QED) is 0.719. The maximum absolute atomic E-state index is 13.1. The first-order valence-electron chi connectivity index (χ1n) is 7.24. The lowest BCUT2D eigenvalue weighted by Gasteiger charge is -2.15. The van der Waals surface area contributed by atoms with Crippen molar-refractivity contribution in [2.75, 3.05) is 23.7 Å². The van der Waals surface area contributed by atoms with E-state index in [-0.39, 0.29) is 11.1 Å². The SMILES string of the molecule is CC(C)Oc1ccccc1NCCNc1ccc(F)c(Cl)c1. The molecule has 0 unspecified atom stereocenters. The van der Waals surface area contributed by atoms with Gasteiger partial charge < -0.3 is 15.4 Å². The Hall–Kier alpha value is -1.94. The summed E-state index contributed by atoms with van der Waals surface area (Å²) < 4.78 is 18.8. The molecule has 0 heterocycles. The predicted octanol–water partition coefficient (Wildman–Crippen LogP) is 4.79. The van der Waals surface area contributed by atoms with Crippen LogP contribution in [0.5, 0.6) is 5.75 Å². The van der Waals surface area contributed by atoms with Crippen LogP contribution in [0.15, 0.2) is 42.5 Å². The molecule has 0 fully saturated rings. The number of ether oxygens (including phenoxy) is 1. The molecule has 0 saturated carbocycles. The summed E-state index contributed by atoms with van der Waals surface area (Å²) in [5.74, 6) is 0.424. The highest BCUT2D eigenvalue weighted by molar-refractivity contribution is 6.31. The molecule has 2 aromatic rings. The third-order valence-electron chi connectivity index (χ3n) is 2.94. The van der Waals surface area contributed by atoms with E-state index in [4.69, 9.17) is 16.3 Å². The number of nitrogens with one attached hydrogen (secondary N) is 2. The zero-order valence-electron chi connectivity index (χ0n) is 12.7. The van der Waals surface area contributed by atoms with Gasteiger partial charge in [-0.3, -0.25) is 0 Å². The molecule has 0 aliphatic rings. The van der Waals surface area contributed by atoms with Gasteiger partial charge in [-0.25, -0.2) is 4.39 Å². The molecule has 2 rings (SSSR count). The molecule has 0 atom stereocenters. The highest BCUT2D eigenvalue weighted by Gasteiger charge is 2.04. The standard InChI is InChI=1S/C17H20ClFN2O/c1-12(2)22-17-6-4-3-5-16(17)21-10-9-20-13-7-8-15(19)14(18)11-13/h3-8,11-12,20-21H,9-10H2,1-2H3. The highest BCUT2D eigenvalue weighted by atomic mass is 35.5. The second kappa shape index (κ2) is 7.90. The average molecular weight is 323 g/mol. The Morgan fingerprint density at radius 3 is 2.55 bits per heavy atom. The van der Waals surface area contributed by atoms with Crippen LogP contribution in [-0.2, 0) is 0 Å². The van der Waals surface area contributed by atoms with E-state index < -0.39 is 5.82 Å². The van der Waals surface area contributed by atoms with Gasteiger partial charge in [-0.15, -0.1) is 0 Å². The van der Waals surface area contributed by atoms with Crippen molar-refractivity contribution in [3.8, 4) is 5.75 Å². The van der Waals surface area contributed by atoms with Crippen LogP contribution in [0.4, 0.5) is 15.8 Å². The molecule has 0 bridgehead atoms. The van der Waals surface area contributed by atoms with E-state index >= 15 is 0 Å². The van der Waals surface area contributed by atoms with E-state index in [1.807, 2.05) is 38.1 Å². The molecule has 2 aromatic carbocycles. The molecule has 0 radical (unpaired) electrons. The minimum atomic E-state index is -0.412. The number of hydrogen-bond donors (Lipinski definition) is 2. The lowest BCUT2D eigenvalue weighted by molar-refractivity contribution is 0.243. The Bertz CT molecular complexity index is 619. The van der Waals surface area contributed by atoms with Crippen molar-refractivity contribution in [3.63, 3.8) is 0 Å². The molecule has 0 saturated heterocycles. The van der Waals surface area contributed by atoms with Gasteiger partial charge in [-0.2, -0.15) is 0 Å². The lowest BCUT2D eigenvalue weighted by Crippen LogP contribution is -2.15. The van der Waals surface area contributed by atoms with Crippen molar-refractivity contribution >= 4 is 23.0 Å². The Kier molecular flexibility index (Phi) is 5.90. The second-order valence-corrected chi connectivity index (χ2v) is 5.55. The molecular formula is C17H20ClFN2O. The summed E-state index contributed by atoms with van der Waals surface area (Å²) in [6, 6.07) is 12.4. The van der Waals surface area contributed by atoms with Crippen LogP contribution in [0.3, 0.4) is 0 Å². The first kappa shape index (κ1) is 16.4. The van der Waals surface area contributed by atoms with Crippen molar-refractivity contribution in [2.45, 2.75) is 20.0 Å². The minimum absolute atomic E-state index is 0.119. The molecule has 0 aliphatic heterocycles. The number of hydrogen-bond acceptors (Lipinski definition) is 3. The fourth-order valence-corrected chi connectivity index (χ4v) is 2.16. The Morgan fingerprint density at radius 2 is 1.82 bits per heavy atom. The predicted molar refractivity (Wildman–Crippen MR) is 90.6 cm³/mol. The fraction of sp³-hybridized carbons (Fsp3) is 0.294. The first-order valence-corrected chi connectivity index (χ1v) is 7.62. The van der Waals surface area contributed by atoms with E-state index in [1.54, 1.807) is 12.1 Å². The number of rotatable bonds is 7. The molecule has 118 valence electrons. The van der Waals surface area contributed by atoms with Gasteiger partial charge in [-0.1, -0.05) is 23.7 Å². The summed E-state index contributed by atoms with van der Waals surface area (Å²) in [6.45, 7) is 5.37. The van der Waals surface area contributed by atoms with Gasteiger partial charge in [0.05, 0.1) is 16.8 Å². The summed E-state index contributed by atoms with van der Waals surface area (Å²) in [5, 5.41) is 6.63. The molecule has 0 spiro atoms. The van der Waals surface area contributed by atoms with E-state index in [0.717, 1.165) is 17.1 Å². The third-order valence-corrected chi connectivity index (χ3v) is 3.23. The number of para-hydroxylation sites is 2. The van der Waals surface area contributed by atoms with Crippen molar-refractivity contribution in [3.05, 3.63) is 53.3 Å². The van der Waals surface area contributed by atoms with Crippen LogP contribution < -0.4 is 15.4 Å². The maximum Gasteiger partial charge on any atom is 0.142 e. The maximum atomic E-state index is 13.1. The Morgan fingerprint density at radius 1 is 1.09 bits per heavy atom. The Labute approximate surface area is 135 Å². The minimum Gasteiger partial charge on any atom is -0.489 e. The summed E-state index contributed by atoms with van der Waals surface area (Å²) in [4.78, 5) is 0. The lowest BCUT2D eigenvalue weighted by atomic mass is 10.3. The average Bonchev–Trinajstić information content (AvgIpc) is 2.48. The number of halogens is 2. The largest absolute Gasteiger partial charge is 0.489 e. The van der Waals surface area contributed by atoms with Crippen molar-refractivity contribution in [2.24, 2.45) is 0 Å². The first-order chi connectivity index (χ1) is 10.6. The molecule has 2 N–H and O–H groups in total. The van der Waals surface area contributed by atoms with E-state index in [2.05, 4.69) is 10.6 Å². The van der Waals surface area contributed by atoms with E-state index in [0.29, 0.717) is 13.1 Å². The topological polar surface area (TPSA) is 33.3 Å². The summed E-state index contributed by atoms with van der Waals surface area (Å²) in [5.41, 5.74) is 1.75. The number of anilines is 2. The van der Waals surface area contributed by atoms with Crippen molar-refractivity contribution in [1.82, 2.24) is 0 Å². The van der Waals surface area contributed by atoms with Crippen LogP contribution in [0, 0.1) is 5.82 Å². The summed E-state index contributed by atoms with van der Waals surface area (Å²) in [6.07, 6.45) is 0.127. The molecule has 0 aromatic heterocycles. The molecule has 0 amide bonds. The van der Waals surface area contributed by atoms with Gasteiger partial charge in [0.15, 0.2) is 0 Å². The molecule has 3 nitrogen and oxygen atoms in total. The van der Waals surface area contributed by atoms with Gasteiger partial charge in [0, 0.05) is 18.8 Å². The van der Waals surface area contributed by atoms with E-state index in [1.165, 1.54) is 6.07 Å². The van der Waals surface area contributed by atoms with Crippen LogP contribution >= 0.6 is 11.6 Å². The van der Waals surface area contributed by atoms with Gasteiger partial charge in [0.1, 0.15) is 11.6 Å². The highest BCUT2D eigenvalue weighted by Crippen LogP contribution is 2.24. The van der Waals surface area contributed by atoms with Gasteiger partial charge in [-0.05, 0) is 44.2 Å². The molecule has 5 heteroatoms. The fourth-order valence-electron chi connectivity index (χ4n) is 1.98. The normalized spacial score (nSPS) is 10.6. The van der Waals surface area contributed by atoms with Crippen molar-refractivity contribution in [1.29, 1.82) is 0 Å². The van der Waals surface area contributed by atoms with Crippen LogP contribution in [0.1, 0.15) is 13.8 Å². The molecule has 22 heavy (non-hydrogen) atoms. The van der Waals surface area contributed by atoms with Gasteiger partial charge >= 0.3 is 0 Å².